The third-order valence-corrected chi connectivity index (χ3v) is 11.6. The summed E-state index contributed by atoms with van der Waals surface area (Å²) >= 11 is 0. The Morgan fingerprint density at radius 1 is 1.03 bits per heavy atom. The summed E-state index contributed by atoms with van der Waals surface area (Å²) in [7, 11) is 0. The standard InChI is InChI=1S/C36H46/c1-20(2)31-23(5)19-34(10)30(18-22(4)28-16-17-28)35(11)25(7)29-15-13-14-21(3)32(29)24(6)33(35)27(9)36(34,12)26(31)8/h13-15,25,28,30H,1,4,6,8,16-19H2,2-3,5,7,9-12H3/t25-,30+,34+,35-,36-/m1/s1. The summed E-state index contributed by atoms with van der Waals surface area (Å²) in [5, 5.41) is 0. The molecule has 0 heteroatoms. The fraction of sp³-hybridized carbons (Fsp3) is 0.500. The molecule has 36 heavy (non-hydrogen) atoms. The molecule has 0 spiro atoms. The minimum absolute atomic E-state index is 0.0185. The normalized spacial score (nSPS) is 35.9. The van der Waals surface area contributed by atoms with Crippen LogP contribution in [0.5, 0.6) is 0 Å². The molecule has 0 nitrogen and oxygen atoms in total. The molecule has 0 radical (unpaired) electrons. The average Bonchev–Trinajstić information content (AvgIpc) is 3.63. The van der Waals surface area contributed by atoms with Crippen molar-refractivity contribution < 1.29 is 0 Å². The lowest BCUT2D eigenvalue weighted by molar-refractivity contribution is -0.0373. The fourth-order valence-electron chi connectivity index (χ4n) is 9.25. The van der Waals surface area contributed by atoms with Crippen LogP contribution in [0, 0.1) is 35.0 Å². The van der Waals surface area contributed by atoms with Gasteiger partial charge in [0.25, 0.3) is 0 Å². The van der Waals surface area contributed by atoms with Gasteiger partial charge in [0.2, 0.25) is 0 Å². The number of fused-ring (bicyclic) bond motifs is 3. The molecule has 1 aromatic rings. The van der Waals surface area contributed by atoms with Gasteiger partial charge < -0.3 is 0 Å². The van der Waals surface area contributed by atoms with Crippen molar-refractivity contribution in [2.45, 2.75) is 87.0 Å². The molecule has 5 atom stereocenters. The number of hydrogen-bond donors (Lipinski definition) is 0. The van der Waals surface area contributed by atoms with Gasteiger partial charge in [-0.15, -0.1) is 0 Å². The van der Waals surface area contributed by atoms with Crippen LogP contribution < -0.4 is 0 Å². The number of aryl methyl sites for hydroxylation is 1. The molecule has 1 saturated carbocycles. The van der Waals surface area contributed by atoms with Crippen LogP contribution in [0.2, 0.25) is 0 Å². The van der Waals surface area contributed by atoms with Crippen molar-refractivity contribution in [3.8, 4) is 0 Å². The van der Waals surface area contributed by atoms with Crippen LogP contribution in [0.1, 0.15) is 96.8 Å². The topological polar surface area (TPSA) is 0 Å². The van der Waals surface area contributed by atoms with Crippen molar-refractivity contribution in [2.75, 3.05) is 0 Å². The molecule has 0 amide bonds. The molecule has 0 unspecified atom stereocenters. The minimum Gasteiger partial charge on any atom is -0.0996 e. The summed E-state index contributed by atoms with van der Waals surface area (Å²) < 4.78 is 0. The van der Waals surface area contributed by atoms with Crippen molar-refractivity contribution >= 4 is 5.57 Å². The second-order valence-electron chi connectivity index (χ2n) is 13.3. The maximum absolute atomic E-state index is 4.84. The SMILES string of the molecule is C=C(C)C1=C(C)C[C@@]2(C)[C@H](CC(=C)C3CC3)[C@]3(C)C(=C(C)[C@@]2(C)C1=C)C(=C)c1c(C)cccc1[C@H]3C. The van der Waals surface area contributed by atoms with Crippen molar-refractivity contribution in [3.05, 3.63) is 100 Å². The van der Waals surface area contributed by atoms with Crippen LogP contribution in [-0.4, -0.2) is 0 Å². The van der Waals surface area contributed by atoms with E-state index in [-0.39, 0.29) is 16.2 Å². The zero-order valence-corrected chi connectivity index (χ0v) is 24.1. The molecule has 0 N–H and O–H groups in total. The smallest absolute Gasteiger partial charge is 0.0197 e. The van der Waals surface area contributed by atoms with E-state index in [9.17, 15) is 0 Å². The van der Waals surface area contributed by atoms with E-state index >= 15 is 0 Å². The van der Waals surface area contributed by atoms with Crippen LogP contribution >= 0.6 is 0 Å². The van der Waals surface area contributed by atoms with Gasteiger partial charge in [-0.25, -0.2) is 0 Å². The van der Waals surface area contributed by atoms with Crippen LogP contribution in [-0.2, 0) is 0 Å². The first kappa shape index (κ1) is 25.3. The second kappa shape index (κ2) is 7.83. The Morgan fingerprint density at radius 3 is 2.25 bits per heavy atom. The molecule has 4 aliphatic rings. The summed E-state index contributed by atoms with van der Waals surface area (Å²) in [6.07, 6.45) is 4.79. The van der Waals surface area contributed by atoms with E-state index in [1.54, 1.807) is 0 Å². The Bertz CT molecular complexity index is 1300. The molecule has 1 aromatic carbocycles. The zero-order valence-electron chi connectivity index (χ0n) is 24.1. The predicted molar refractivity (Wildman–Crippen MR) is 157 cm³/mol. The number of benzene rings is 1. The third kappa shape index (κ3) is 2.94. The maximum atomic E-state index is 4.84. The first-order valence-corrected chi connectivity index (χ1v) is 14.0. The second-order valence-corrected chi connectivity index (χ2v) is 13.3. The molecular formula is C36H46. The Labute approximate surface area is 220 Å². The lowest BCUT2D eigenvalue weighted by Crippen LogP contribution is -2.59. The van der Waals surface area contributed by atoms with E-state index in [0.717, 1.165) is 18.4 Å². The van der Waals surface area contributed by atoms with Crippen molar-refractivity contribution in [1.82, 2.24) is 0 Å². The van der Waals surface area contributed by atoms with Gasteiger partial charge in [0, 0.05) is 10.8 Å². The van der Waals surface area contributed by atoms with E-state index in [0.29, 0.717) is 17.8 Å². The molecule has 5 rings (SSSR count). The molecule has 4 aliphatic carbocycles. The minimum atomic E-state index is -0.160. The summed E-state index contributed by atoms with van der Waals surface area (Å²) in [5.41, 5.74) is 14.9. The molecule has 0 aromatic heterocycles. The summed E-state index contributed by atoms with van der Waals surface area (Å²) in [6.45, 7) is 38.0. The summed E-state index contributed by atoms with van der Waals surface area (Å²) in [6, 6.07) is 6.86. The lowest BCUT2D eigenvalue weighted by atomic mass is 9.36. The van der Waals surface area contributed by atoms with E-state index in [1.165, 1.54) is 68.5 Å². The van der Waals surface area contributed by atoms with Gasteiger partial charge in [-0.05, 0) is 116 Å². The Balaban J connectivity index is 1.86. The van der Waals surface area contributed by atoms with E-state index in [4.69, 9.17) is 13.2 Å². The Hall–Kier alpha value is -2.34. The predicted octanol–water partition coefficient (Wildman–Crippen LogP) is 10.3. The third-order valence-electron chi connectivity index (χ3n) is 11.6. The van der Waals surface area contributed by atoms with Crippen LogP contribution in [0.3, 0.4) is 0 Å². The molecule has 0 bridgehead atoms. The van der Waals surface area contributed by atoms with Gasteiger partial charge in [-0.3, -0.25) is 0 Å². The molecular weight excluding hydrogens is 432 g/mol. The molecule has 0 saturated heterocycles. The average molecular weight is 479 g/mol. The fourth-order valence-corrected chi connectivity index (χ4v) is 9.25. The monoisotopic (exact) mass is 478 g/mol. The number of rotatable bonds is 4. The van der Waals surface area contributed by atoms with E-state index < -0.39 is 0 Å². The van der Waals surface area contributed by atoms with Gasteiger partial charge in [-0.2, -0.15) is 0 Å². The first-order valence-electron chi connectivity index (χ1n) is 14.0. The highest BCUT2D eigenvalue weighted by Crippen LogP contribution is 2.75. The van der Waals surface area contributed by atoms with Crippen molar-refractivity contribution in [2.24, 2.45) is 28.1 Å². The van der Waals surface area contributed by atoms with Crippen LogP contribution in [0.15, 0.2) is 83.5 Å². The first-order chi connectivity index (χ1) is 16.7. The number of allylic oxidation sites excluding steroid dienone is 8. The van der Waals surface area contributed by atoms with Gasteiger partial charge in [0.1, 0.15) is 0 Å². The van der Waals surface area contributed by atoms with Crippen LogP contribution in [0.4, 0.5) is 0 Å². The Morgan fingerprint density at radius 2 is 1.67 bits per heavy atom. The lowest BCUT2D eigenvalue weighted by Gasteiger charge is -2.67. The quantitative estimate of drug-likeness (QED) is 0.378. The highest BCUT2D eigenvalue weighted by Gasteiger charge is 2.66. The molecule has 1 fully saturated rings. The van der Waals surface area contributed by atoms with E-state index in [2.05, 4.69) is 86.7 Å². The highest BCUT2D eigenvalue weighted by molar-refractivity contribution is 5.87. The number of hydrogen-bond acceptors (Lipinski definition) is 0. The van der Waals surface area contributed by atoms with Gasteiger partial charge in [0.15, 0.2) is 0 Å². The summed E-state index contributed by atoms with van der Waals surface area (Å²) in [5.74, 6) is 1.56. The van der Waals surface area contributed by atoms with Gasteiger partial charge in [-0.1, -0.05) is 94.5 Å². The summed E-state index contributed by atoms with van der Waals surface area (Å²) in [4.78, 5) is 0. The molecule has 190 valence electrons. The molecule has 0 aliphatic heterocycles. The van der Waals surface area contributed by atoms with Crippen molar-refractivity contribution in [1.29, 1.82) is 0 Å². The van der Waals surface area contributed by atoms with E-state index in [1.807, 2.05) is 0 Å². The highest BCUT2D eigenvalue weighted by atomic mass is 14.7. The van der Waals surface area contributed by atoms with Gasteiger partial charge in [0.05, 0.1) is 0 Å². The maximum Gasteiger partial charge on any atom is 0.0197 e. The molecule has 0 heterocycles. The van der Waals surface area contributed by atoms with Crippen molar-refractivity contribution in [3.63, 3.8) is 0 Å². The van der Waals surface area contributed by atoms with Gasteiger partial charge >= 0.3 is 0 Å². The van der Waals surface area contributed by atoms with Crippen LogP contribution in [0.25, 0.3) is 5.57 Å². The largest absolute Gasteiger partial charge is 0.0996 e. The Kier molecular flexibility index (Phi) is 5.51. The zero-order chi connectivity index (χ0) is 26.5.